The van der Waals surface area contributed by atoms with E-state index in [9.17, 15) is 9.90 Å². The lowest BCUT2D eigenvalue weighted by atomic mass is 9.93. The predicted molar refractivity (Wildman–Crippen MR) is 86.8 cm³/mol. The van der Waals surface area contributed by atoms with Gasteiger partial charge in [0.2, 0.25) is 0 Å². The molecule has 5 nitrogen and oxygen atoms in total. The SMILES string of the molecule is CC(C)(C)OC(=O)N1CCC(CNC2(CO)CCCC2)CC1. The van der Waals surface area contributed by atoms with Crippen LogP contribution in [0.15, 0.2) is 0 Å². The number of nitrogens with zero attached hydrogens (tertiary/aromatic N) is 1. The van der Waals surface area contributed by atoms with Crippen molar-refractivity contribution < 1.29 is 14.6 Å². The average Bonchev–Trinajstić information content (AvgIpc) is 2.93. The second kappa shape index (κ2) is 7.18. The monoisotopic (exact) mass is 312 g/mol. The molecular weight excluding hydrogens is 280 g/mol. The molecule has 1 heterocycles. The van der Waals surface area contributed by atoms with E-state index in [4.69, 9.17) is 4.74 Å². The van der Waals surface area contributed by atoms with Crippen molar-refractivity contribution in [3.63, 3.8) is 0 Å². The Labute approximate surface area is 134 Å². The van der Waals surface area contributed by atoms with E-state index in [0.29, 0.717) is 5.92 Å². The van der Waals surface area contributed by atoms with Crippen LogP contribution in [0, 0.1) is 5.92 Å². The Morgan fingerprint density at radius 2 is 1.86 bits per heavy atom. The first-order valence-corrected chi connectivity index (χ1v) is 8.67. The van der Waals surface area contributed by atoms with Crippen LogP contribution in [-0.4, -0.2) is 53.5 Å². The molecule has 2 rings (SSSR count). The van der Waals surface area contributed by atoms with E-state index < -0.39 is 5.60 Å². The zero-order chi connectivity index (χ0) is 16.2. The van der Waals surface area contributed by atoms with Crippen molar-refractivity contribution in [1.29, 1.82) is 0 Å². The van der Waals surface area contributed by atoms with Crippen LogP contribution in [0.1, 0.15) is 59.3 Å². The summed E-state index contributed by atoms with van der Waals surface area (Å²) in [5.41, 5.74) is -0.465. The third-order valence-corrected chi connectivity index (χ3v) is 4.90. The fourth-order valence-corrected chi connectivity index (χ4v) is 3.45. The maximum atomic E-state index is 12.0. The maximum Gasteiger partial charge on any atom is 0.410 e. The molecule has 0 aromatic rings. The Balaban J connectivity index is 1.72. The summed E-state index contributed by atoms with van der Waals surface area (Å²) in [5.74, 6) is 0.586. The van der Waals surface area contributed by atoms with Gasteiger partial charge in [0.1, 0.15) is 5.60 Å². The van der Waals surface area contributed by atoms with Crippen LogP contribution in [0.3, 0.4) is 0 Å². The van der Waals surface area contributed by atoms with Crippen LogP contribution in [0.2, 0.25) is 0 Å². The van der Waals surface area contributed by atoms with Gasteiger partial charge in [0.25, 0.3) is 0 Å². The molecule has 0 unspecified atom stereocenters. The topological polar surface area (TPSA) is 61.8 Å². The molecule has 1 aliphatic heterocycles. The van der Waals surface area contributed by atoms with Crippen LogP contribution >= 0.6 is 0 Å². The van der Waals surface area contributed by atoms with Crippen molar-refractivity contribution in [2.75, 3.05) is 26.2 Å². The number of hydrogen-bond acceptors (Lipinski definition) is 4. The summed E-state index contributed by atoms with van der Waals surface area (Å²) in [6, 6.07) is 0. The van der Waals surface area contributed by atoms with Crippen LogP contribution in [0.5, 0.6) is 0 Å². The summed E-state index contributed by atoms with van der Waals surface area (Å²) < 4.78 is 5.43. The molecule has 2 N–H and O–H groups in total. The van der Waals surface area contributed by atoms with E-state index in [1.54, 1.807) is 0 Å². The number of nitrogens with one attached hydrogen (secondary N) is 1. The molecule has 1 saturated heterocycles. The van der Waals surface area contributed by atoms with E-state index in [0.717, 1.165) is 45.3 Å². The molecule has 2 fully saturated rings. The van der Waals surface area contributed by atoms with Gasteiger partial charge in [-0.15, -0.1) is 0 Å². The van der Waals surface area contributed by atoms with E-state index in [-0.39, 0.29) is 18.2 Å². The number of ether oxygens (including phenoxy) is 1. The summed E-state index contributed by atoms with van der Waals surface area (Å²) in [6.45, 7) is 8.43. The number of likely N-dealkylation sites (tertiary alicyclic amines) is 1. The van der Waals surface area contributed by atoms with Crippen LogP contribution in [-0.2, 0) is 4.74 Å². The lowest BCUT2D eigenvalue weighted by Gasteiger charge is -2.36. The van der Waals surface area contributed by atoms with Crippen molar-refractivity contribution in [1.82, 2.24) is 10.2 Å². The molecule has 0 radical (unpaired) electrons. The van der Waals surface area contributed by atoms with E-state index in [2.05, 4.69) is 5.32 Å². The zero-order valence-corrected chi connectivity index (χ0v) is 14.4. The molecule has 0 atom stereocenters. The molecule has 1 saturated carbocycles. The van der Waals surface area contributed by atoms with Crippen molar-refractivity contribution in [2.45, 2.75) is 70.4 Å². The molecule has 1 aliphatic carbocycles. The van der Waals surface area contributed by atoms with Gasteiger partial charge in [0, 0.05) is 18.6 Å². The fraction of sp³-hybridized carbons (Fsp3) is 0.941. The summed E-state index contributed by atoms with van der Waals surface area (Å²) in [5, 5.41) is 13.2. The van der Waals surface area contributed by atoms with Gasteiger partial charge in [-0.05, 0) is 58.9 Å². The molecule has 0 spiro atoms. The Kier molecular flexibility index (Phi) is 5.72. The number of rotatable bonds is 4. The highest BCUT2D eigenvalue weighted by Gasteiger charge is 2.34. The van der Waals surface area contributed by atoms with Crippen molar-refractivity contribution >= 4 is 6.09 Å². The molecule has 5 heteroatoms. The summed E-state index contributed by atoms with van der Waals surface area (Å²) in [6.07, 6.45) is 6.42. The van der Waals surface area contributed by atoms with Crippen LogP contribution < -0.4 is 5.32 Å². The largest absolute Gasteiger partial charge is 0.444 e. The quantitative estimate of drug-likeness (QED) is 0.837. The van der Waals surface area contributed by atoms with Gasteiger partial charge in [-0.3, -0.25) is 0 Å². The highest BCUT2D eigenvalue weighted by atomic mass is 16.6. The lowest BCUT2D eigenvalue weighted by Crippen LogP contribution is -2.50. The first kappa shape index (κ1) is 17.5. The minimum atomic E-state index is -0.425. The standard InChI is InChI=1S/C17H32N2O3/c1-16(2,3)22-15(21)19-10-6-14(7-11-19)12-18-17(13-20)8-4-5-9-17/h14,18,20H,4-13H2,1-3H3. The number of aliphatic hydroxyl groups is 1. The van der Waals surface area contributed by atoms with Crippen LogP contribution in [0.4, 0.5) is 4.79 Å². The number of amides is 1. The summed E-state index contributed by atoms with van der Waals surface area (Å²) in [7, 11) is 0. The maximum absolute atomic E-state index is 12.0. The number of aliphatic hydroxyl groups excluding tert-OH is 1. The second-order valence-corrected chi connectivity index (χ2v) is 7.94. The fourth-order valence-electron chi connectivity index (χ4n) is 3.45. The van der Waals surface area contributed by atoms with Gasteiger partial charge < -0.3 is 20.1 Å². The van der Waals surface area contributed by atoms with E-state index >= 15 is 0 Å². The third-order valence-electron chi connectivity index (χ3n) is 4.90. The molecule has 2 aliphatic rings. The Morgan fingerprint density at radius 3 is 2.36 bits per heavy atom. The van der Waals surface area contributed by atoms with Crippen molar-refractivity contribution in [2.24, 2.45) is 5.92 Å². The van der Waals surface area contributed by atoms with Gasteiger partial charge in [0.15, 0.2) is 0 Å². The molecule has 22 heavy (non-hydrogen) atoms. The number of hydrogen-bond donors (Lipinski definition) is 2. The van der Waals surface area contributed by atoms with E-state index in [1.165, 1.54) is 12.8 Å². The molecule has 0 bridgehead atoms. The minimum absolute atomic E-state index is 0.0394. The number of carbonyl (C=O) groups is 1. The van der Waals surface area contributed by atoms with Gasteiger partial charge in [-0.2, -0.15) is 0 Å². The zero-order valence-electron chi connectivity index (χ0n) is 14.4. The minimum Gasteiger partial charge on any atom is -0.444 e. The van der Waals surface area contributed by atoms with Gasteiger partial charge >= 0.3 is 6.09 Å². The Bertz CT molecular complexity index is 365. The Morgan fingerprint density at radius 1 is 1.27 bits per heavy atom. The van der Waals surface area contributed by atoms with Crippen molar-refractivity contribution in [3.05, 3.63) is 0 Å². The highest BCUT2D eigenvalue weighted by Crippen LogP contribution is 2.30. The molecular formula is C17H32N2O3. The normalized spacial score (nSPS) is 22.8. The first-order chi connectivity index (χ1) is 10.3. The van der Waals surface area contributed by atoms with Gasteiger partial charge in [-0.1, -0.05) is 12.8 Å². The molecule has 128 valence electrons. The summed E-state index contributed by atoms with van der Waals surface area (Å²) >= 11 is 0. The number of piperidine rings is 1. The average molecular weight is 312 g/mol. The summed E-state index contributed by atoms with van der Waals surface area (Å²) in [4.78, 5) is 13.9. The Hall–Kier alpha value is -0.810. The first-order valence-electron chi connectivity index (χ1n) is 8.67. The van der Waals surface area contributed by atoms with Gasteiger partial charge in [0.05, 0.1) is 6.61 Å². The third kappa shape index (κ3) is 4.85. The second-order valence-electron chi connectivity index (χ2n) is 7.94. The van der Waals surface area contributed by atoms with Gasteiger partial charge in [-0.25, -0.2) is 4.79 Å². The smallest absolute Gasteiger partial charge is 0.410 e. The molecule has 0 aromatic heterocycles. The van der Waals surface area contributed by atoms with Crippen molar-refractivity contribution in [3.8, 4) is 0 Å². The molecule has 1 amide bonds. The highest BCUT2D eigenvalue weighted by molar-refractivity contribution is 5.68. The lowest BCUT2D eigenvalue weighted by molar-refractivity contribution is 0.0179. The molecule has 0 aromatic carbocycles. The van der Waals surface area contributed by atoms with Crippen LogP contribution in [0.25, 0.3) is 0 Å². The predicted octanol–water partition coefficient (Wildman–Crippen LogP) is 2.53. The van der Waals surface area contributed by atoms with E-state index in [1.807, 2.05) is 25.7 Å². The number of carbonyl (C=O) groups excluding carboxylic acids is 1.